The van der Waals surface area contributed by atoms with E-state index in [1.807, 2.05) is 6.92 Å². The Morgan fingerprint density at radius 1 is 1.36 bits per heavy atom. The molecule has 2 aliphatic rings. The fraction of sp³-hybridized carbons (Fsp3) is 0.611. The summed E-state index contributed by atoms with van der Waals surface area (Å²) in [6.07, 6.45) is -1.61. The highest BCUT2D eigenvalue weighted by atomic mass is 31.2. The normalized spacial score (nSPS) is 29.1. The molecule has 2 fully saturated rings. The van der Waals surface area contributed by atoms with Crippen LogP contribution in [-0.4, -0.2) is 56.3 Å². The maximum Gasteiger partial charge on any atom is 0.306 e. The Kier molecular flexibility index (Phi) is 6.64. The van der Waals surface area contributed by atoms with Gasteiger partial charge in [-0.3, -0.25) is 33.8 Å². The van der Waals surface area contributed by atoms with Crippen LogP contribution in [0.2, 0.25) is 0 Å². The minimum absolute atomic E-state index is 0.0389. The number of anilines is 1. The molecule has 5 unspecified atom stereocenters. The van der Waals surface area contributed by atoms with Gasteiger partial charge in [-0.2, -0.15) is 4.98 Å². The molecule has 2 aliphatic heterocycles. The van der Waals surface area contributed by atoms with Gasteiger partial charge >= 0.3 is 5.97 Å². The van der Waals surface area contributed by atoms with Gasteiger partial charge in [0.05, 0.1) is 12.9 Å². The topological polar surface area (TPSA) is 187 Å². The first-order chi connectivity index (χ1) is 15.7. The summed E-state index contributed by atoms with van der Waals surface area (Å²) in [4.78, 5) is 59.3. The van der Waals surface area contributed by atoms with Crippen LogP contribution in [0.25, 0.3) is 11.2 Å². The number of esters is 1. The van der Waals surface area contributed by atoms with Gasteiger partial charge in [-0.05, 0) is 12.8 Å². The van der Waals surface area contributed by atoms with E-state index in [1.165, 1.54) is 10.9 Å². The number of H-pyrrole nitrogens is 1. The van der Waals surface area contributed by atoms with Gasteiger partial charge in [0, 0.05) is 12.8 Å². The Morgan fingerprint density at radius 2 is 2.12 bits per heavy atom. The number of fused-ring (bicyclic) bond motifs is 2. The van der Waals surface area contributed by atoms with Gasteiger partial charge in [0.2, 0.25) is 11.9 Å². The average molecular weight is 484 g/mol. The van der Waals surface area contributed by atoms with Crippen LogP contribution in [0.15, 0.2) is 11.1 Å². The predicted molar refractivity (Wildman–Crippen MR) is 109 cm³/mol. The largest absolute Gasteiger partial charge is 0.756 e. The van der Waals surface area contributed by atoms with Crippen LogP contribution < -0.4 is 15.8 Å². The number of hydrogen-bond donors (Lipinski definition) is 2. The summed E-state index contributed by atoms with van der Waals surface area (Å²) in [5, 5.41) is 2.51. The van der Waals surface area contributed by atoms with Crippen molar-refractivity contribution in [1.29, 1.82) is 0 Å². The zero-order valence-corrected chi connectivity index (χ0v) is 18.8. The molecule has 0 aromatic carbocycles. The van der Waals surface area contributed by atoms with Crippen molar-refractivity contribution in [2.75, 3.05) is 11.9 Å². The molecule has 2 saturated heterocycles. The number of aromatic nitrogens is 4. The summed E-state index contributed by atoms with van der Waals surface area (Å²) in [5.74, 6) is -1.00. The maximum atomic E-state index is 12.5. The third-order valence-electron chi connectivity index (χ3n) is 5.10. The first kappa shape index (κ1) is 23.5. The molecular weight excluding hydrogens is 461 g/mol. The monoisotopic (exact) mass is 484 g/mol. The summed E-state index contributed by atoms with van der Waals surface area (Å²) < 4.78 is 34.4. The Morgan fingerprint density at radius 3 is 2.85 bits per heavy atom. The molecular formula is C18H23N5O9P-. The molecule has 0 saturated carbocycles. The van der Waals surface area contributed by atoms with Crippen LogP contribution >= 0.6 is 7.82 Å². The number of carbonyl (C=O) groups is 2. The highest BCUT2D eigenvalue weighted by molar-refractivity contribution is 7.45. The Bertz CT molecular complexity index is 1160. The van der Waals surface area contributed by atoms with Crippen molar-refractivity contribution in [1.82, 2.24) is 19.5 Å². The Balaban J connectivity index is 1.72. The first-order valence-electron chi connectivity index (χ1n) is 10.5. The number of aromatic amines is 1. The molecule has 2 aromatic rings. The number of imidazole rings is 1. The number of phosphoric ester groups is 1. The number of rotatable bonds is 7. The van der Waals surface area contributed by atoms with Crippen molar-refractivity contribution >= 4 is 36.8 Å². The minimum atomic E-state index is -4.61. The van der Waals surface area contributed by atoms with E-state index in [0.29, 0.717) is 12.8 Å². The van der Waals surface area contributed by atoms with Gasteiger partial charge in [0.15, 0.2) is 23.5 Å². The van der Waals surface area contributed by atoms with E-state index in [0.717, 1.165) is 0 Å². The summed E-state index contributed by atoms with van der Waals surface area (Å²) in [5.41, 5.74) is -0.617. The summed E-state index contributed by atoms with van der Waals surface area (Å²) in [6, 6.07) is 0. The molecule has 5 atom stereocenters. The number of nitrogens with one attached hydrogen (secondary N) is 2. The lowest BCUT2D eigenvalue weighted by Gasteiger charge is -2.35. The van der Waals surface area contributed by atoms with Crippen LogP contribution in [0.5, 0.6) is 0 Å². The van der Waals surface area contributed by atoms with E-state index in [9.17, 15) is 23.8 Å². The highest BCUT2D eigenvalue weighted by Gasteiger charge is 2.53. The molecule has 15 heteroatoms. The van der Waals surface area contributed by atoms with Crippen molar-refractivity contribution in [2.24, 2.45) is 0 Å². The second kappa shape index (κ2) is 9.31. The van der Waals surface area contributed by atoms with Gasteiger partial charge in [-0.15, -0.1) is 0 Å². The van der Waals surface area contributed by atoms with E-state index in [4.69, 9.17) is 18.5 Å². The van der Waals surface area contributed by atoms with Crippen molar-refractivity contribution < 1.29 is 37.6 Å². The van der Waals surface area contributed by atoms with Crippen molar-refractivity contribution in [3.05, 3.63) is 16.7 Å². The van der Waals surface area contributed by atoms with Gasteiger partial charge < -0.3 is 23.4 Å². The van der Waals surface area contributed by atoms with Crippen LogP contribution in [-0.2, 0) is 32.7 Å². The third-order valence-corrected chi connectivity index (χ3v) is 6.06. The van der Waals surface area contributed by atoms with Gasteiger partial charge in [-0.25, -0.2) is 4.98 Å². The Hall–Kier alpha value is -2.64. The average Bonchev–Trinajstić information content (AvgIpc) is 3.29. The molecule has 33 heavy (non-hydrogen) atoms. The van der Waals surface area contributed by atoms with Crippen LogP contribution in [0, 0.1) is 0 Å². The lowest BCUT2D eigenvalue weighted by atomic mass is 10.1. The predicted octanol–water partition coefficient (Wildman–Crippen LogP) is 0.351. The molecule has 0 radical (unpaired) electrons. The number of carbonyl (C=O) groups excluding carboxylic acids is 2. The second-order valence-corrected chi connectivity index (χ2v) is 8.98. The zero-order chi connectivity index (χ0) is 23.8. The number of phosphoric acid groups is 1. The molecule has 0 aliphatic carbocycles. The van der Waals surface area contributed by atoms with Crippen molar-refractivity contribution in [3.63, 3.8) is 0 Å². The molecule has 0 spiro atoms. The van der Waals surface area contributed by atoms with E-state index in [2.05, 4.69) is 20.3 Å². The molecule has 4 rings (SSSR count). The van der Waals surface area contributed by atoms with Crippen LogP contribution in [0.1, 0.15) is 45.8 Å². The lowest BCUT2D eigenvalue weighted by Crippen LogP contribution is -2.43. The van der Waals surface area contributed by atoms with Crippen molar-refractivity contribution in [3.8, 4) is 0 Å². The standard InChI is InChI=1S/C18H24N5O9P/c1-3-5-10(24)20-18-21-15-12(16(26)22-18)19-8-23(15)17-14(31-11(25)6-4-2)13-9(30-17)7-29-33(27,28)32-13/h8-9,13-14,17H,3-7H2,1-2H3,(H,27,28)(H2,20,21,22,24,26)/p-1. The van der Waals surface area contributed by atoms with E-state index < -0.39 is 43.9 Å². The summed E-state index contributed by atoms with van der Waals surface area (Å²) >= 11 is 0. The van der Waals surface area contributed by atoms with E-state index >= 15 is 0 Å². The van der Waals surface area contributed by atoms with E-state index in [-0.39, 0.29) is 42.5 Å². The first-order valence-corrected chi connectivity index (χ1v) is 11.9. The fourth-order valence-electron chi connectivity index (χ4n) is 3.67. The Labute approximate surface area is 187 Å². The molecule has 2 aromatic heterocycles. The number of nitrogens with zero attached hydrogens (tertiary/aromatic N) is 3. The molecule has 2 N–H and O–H groups in total. The summed E-state index contributed by atoms with van der Waals surface area (Å²) in [6.45, 7) is 3.29. The molecule has 14 nitrogen and oxygen atoms in total. The number of amides is 1. The third kappa shape index (κ3) is 4.84. The highest BCUT2D eigenvalue weighted by Crippen LogP contribution is 2.50. The minimum Gasteiger partial charge on any atom is -0.756 e. The SMILES string of the molecule is CCCC(=O)Nc1nc2c(ncn2C2OC3COP(=O)([O-])OC3C2OC(=O)CCC)c(=O)[nH]1. The van der Waals surface area contributed by atoms with Crippen LogP contribution in [0.3, 0.4) is 0 Å². The number of ether oxygens (including phenoxy) is 2. The second-order valence-electron chi connectivity index (χ2n) is 7.62. The molecule has 180 valence electrons. The molecule has 0 bridgehead atoms. The zero-order valence-electron chi connectivity index (χ0n) is 17.9. The summed E-state index contributed by atoms with van der Waals surface area (Å²) in [7, 11) is -4.61. The fourth-order valence-corrected chi connectivity index (χ4v) is 4.62. The quantitative estimate of drug-likeness (QED) is 0.408. The van der Waals surface area contributed by atoms with Gasteiger partial charge in [0.1, 0.15) is 12.2 Å². The lowest BCUT2D eigenvalue weighted by molar-refractivity contribution is -0.246. The maximum absolute atomic E-state index is 12.5. The number of hydrogen-bond acceptors (Lipinski definition) is 11. The van der Waals surface area contributed by atoms with E-state index in [1.54, 1.807) is 6.92 Å². The van der Waals surface area contributed by atoms with Gasteiger partial charge in [-0.1, -0.05) is 13.8 Å². The molecule has 1 amide bonds. The van der Waals surface area contributed by atoms with Gasteiger partial charge in [0.25, 0.3) is 13.4 Å². The smallest absolute Gasteiger partial charge is 0.306 e. The molecule has 4 heterocycles. The van der Waals surface area contributed by atoms with Crippen molar-refractivity contribution in [2.45, 2.75) is 64.1 Å². The van der Waals surface area contributed by atoms with Crippen LogP contribution in [0.4, 0.5) is 5.95 Å².